The molecule has 178 valence electrons. The third kappa shape index (κ3) is 5.14. The maximum Gasteiger partial charge on any atom is 0.231 e. The number of fused-ring (bicyclic) bond motifs is 1. The van der Waals surface area contributed by atoms with Crippen molar-refractivity contribution in [2.45, 2.75) is 38.1 Å². The van der Waals surface area contributed by atoms with Gasteiger partial charge in [-0.3, -0.25) is 0 Å². The summed E-state index contributed by atoms with van der Waals surface area (Å²) in [7, 11) is 0. The molecule has 2 aliphatic rings. The van der Waals surface area contributed by atoms with Gasteiger partial charge in [0.15, 0.2) is 17.3 Å². The van der Waals surface area contributed by atoms with Gasteiger partial charge in [0.05, 0.1) is 6.10 Å². The van der Waals surface area contributed by atoms with E-state index in [-0.39, 0.29) is 37.9 Å². The molecule has 0 unspecified atom stereocenters. The molecule has 8 nitrogen and oxygen atoms in total. The zero-order valence-electron chi connectivity index (χ0n) is 18.8. The second kappa shape index (κ2) is 10.4. The van der Waals surface area contributed by atoms with Crippen molar-refractivity contribution in [3.63, 3.8) is 0 Å². The van der Waals surface area contributed by atoms with Gasteiger partial charge in [0.25, 0.3) is 0 Å². The van der Waals surface area contributed by atoms with E-state index in [0.29, 0.717) is 25.2 Å². The van der Waals surface area contributed by atoms with Gasteiger partial charge in [-0.15, -0.1) is 0 Å². The number of ether oxygens (including phenoxy) is 3. The molecule has 4 atom stereocenters. The van der Waals surface area contributed by atoms with Crippen LogP contribution in [0.5, 0.6) is 17.2 Å². The maximum atomic E-state index is 10.6. The summed E-state index contributed by atoms with van der Waals surface area (Å²) >= 11 is 0. The van der Waals surface area contributed by atoms with Crippen molar-refractivity contribution in [2.24, 2.45) is 11.8 Å². The van der Waals surface area contributed by atoms with E-state index in [1.165, 1.54) is 0 Å². The fraction of sp³-hybridized carbons (Fsp3) is 0.385. The fourth-order valence-corrected chi connectivity index (χ4v) is 4.81. The van der Waals surface area contributed by atoms with Crippen LogP contribution < -0.4 is 19.5 Å². The highest BCUT2D eigenvalue weighted by atomic mass is 16.7. The first-order valence-corrected chi connectivity index (χ1v) is 11.6. The summed E-state index contributed by atoms with van der Waals surface area (Å²) in [6.45, 7) is 1.09. The highest BCUT2D eigenvalue weighted by Crippen LogP contribution is 2.36. The zero-order chi connectivity index (χ0) is 23.3. The van der Waals surface area contributed by atoms with Gasteiger partial charge >= 0.3 is 0 Å². The minimum absolute atomic E-state index is 0.0341. The second-order valence-corrected chi connectivity index (χ2v) is 8.76. The first-order valence-electron chi connectivity index (χ1n) is 11.6. The Balaban J connectivity index is 1.24. The maximum absolute atomic E-state index is 10.6. The minimum atomic E-state index is -0.563. The Labute approximate surface area is 198 Å². The Kier molecular flexibility index (Phi) is 6.89. The molecule has 0 radical (unpaired) electrons. The van der Waals surface area contributed by atoms with E-state index >= 15 is 0 Å². The van der Waals surface area contributed by atoms with E-state index in [4.69, 9.17) is 14.2 Å². The molecule has 1 aliphatic carbocycles. The van der Waals surface area contributed by atoms with Crippen molar-refractivity contribution in [1.82, 2.24) is 15.3 Å². The van der Waals surface area contributed by atoms with Crippen molar-refractivity contribution in [2.75, 3.05) is 13.4 Å². The molecule has 0 saturated heterocycles. The Bertz CT molecular complexity index is 1100. The number of hydrogen-bond donors (Lipinski definition) is 3. The van der Waals surface area contributed by atoms with Gasteiger partial charge in [-0.2, -0.15) is 0 Å². The van der Waals surface area contributed by atoms with Gasteiger partial charge in [0.2, 0.25) is 6.79 Å². The van der Waals surface area contributed by atoms with E-state index in [0.717, 1.165) is 28.5 Å². The van der Waals surface area contributed by atoms with Crippen molar-refractivity contribution in [3.8, 4) is 17.2 Å². The lowest BCUT2D eigenvalue weighted by atomic mass is 9.88. The van der Waals surface area contributed by atoms with Crippen molar-refractivity contribution in [1.29, 1.82) is 0 Å². The zero-order valence-corrected chi connectivity index (χ0v) is 18.8. The van der Waals surface area contributed by atoms with Gasteiger partial charge in [-0.05, 0) is 54.7 Å². The lowest BCUT2D eigenvalue weighted by molar-refractivity contribution is 0.0715. The Morgan fingerprint density at radius 2 is 1.88 bits per heavy atom. The predicted molar refractivity (Wildman–Crippen MR) is 124 cm³/mol. The molecule has 1 saturated carbocycles. The SMILES string of the molecule is OC[C@@H]1[C@@H](Cc2ccnc(COc3ccccc3)n2)[C@H](NCc2ccc3c(c2)OCO3)C[C@H]1O. The summed E-state index contributed by atoms with van der Waals surface area (Å²) in [6.07, 6.45) is 2.38. The summed E-state index contributed by atoms with van der Waals surface area (Å²) in [4.78, 5) is 9.01. The van der Waals surface area contributed by atoms with Crippen LogP contribution in [-0.4, -0.2) is 45.7 Å². The molecule has 34 heavy (non-hydrogen) atoms. The van der Waals surface area contributed by atoms with Crippen molar-refractivity contribution < 1.29 is 24.4 Å². The molecule has 0 bridgehead atoms. The standard InChI is InChI=1S/C26H29N3O5/c30-14-21-20(11-18-8-9-27-26(29-18)15-32-19-4-2-1-3-5-19)22(12-23(21)31)28-13-17-6-7-24-25(10-17)34-16-33-24/h1-10,20-23,28,30-31H,11-16H2/t20-,21-,22-,23-/m1/s1. The quantitative estimate of drug-likeness (QED) is 0.445. The average Bonchev–Trinajstić information content (AvgIpc) is 3.45. The van der Waals surface area contributed by atoms with Gasteiger partial charge in [-0.1, -0.05) is 24.3 Å². The molecule has 0 spiro atoms. The number of rotatable bonds is 9. The largest absolute Gasteiger partial charge is 0.486 e. The van der Waals surface area contributed by atoms with E-state index in [1.807, 2.05) is 54.6 Å². The van der Waals surface area contributed by atoms with Crippen LogP contribution in [0, 0.1) is 11.8 Å². The monoisotopic (exact) mass is 463 g/mol. The molecule has 2 aromatic carbocycles. The smallest absolute Gasteiger partial charge is 0.231 e. The molecule has 2 heterocycles. The third-order valence-electron chi connectivity index (χ3n) is 6.59. The third-order valence-corrected chi connectivity index (χ3v) is 6.59. The van der Waals surface area contributed by atoms with E-state index < -0.39 is 6.10 Å². The topological polar surface area (TPSA) is 106 Å². The van der Waals surface area contributed by atoms with Gasteiger partial charge < -0.3 is 29.7 Å². The summed E-state index contributed by atoms with van der Waals surface area (Å²) in [5.41, 5.74) is 1.95. The minimum Gasteiger partial charge on any atom is -0.486 e. The van der Waals surface area contributed by atoms with Crippen LogP contribution in [-0.2, 0) is 19.6 Å². The number of aliphatic hydroxyl groups is 2. The van der Waals surface area contributed by atoms with Gasteiger partial charge in [-0.25, -0.2) is 9.97 Å². The van der Waals surface area contributed by atoms with Crippen LogP contribution in [0.25, 0.3) is 0 Å². The lowest BCUT2D eigenvalue weighted by Crippen LogP contribution is -2.36. The van der Waals surface area contributed by atoms with E-state index in [2.05, 4.69) is 15.3 Å². The van der Waals surface area contributed by atoms with Crippen LogP contribution in [0.1, 0.15) is 23.5 Å². The highest BCUT2D eigenvalue weighted by molar-refractivity contribution is 5.44. The van der Waals surface area contributed by atoms with Crippen LogP contribution in [0.3, 0.4) is 0 Å². The van der Waals surface area contributed by atoms with E-state index in [1.54, 1.807) is 6.20 Å². The Morgan fingerprint density at radius 3 is 2.74 bits per heavy atom. The molecule has 5 rings (SSSR count). The van der Waals surface area contributed by atoms with Crippen LogP contribution in [0.2, 0.25) is 0 Å². The summed E-state index contributed by atoms with van der Waals surface area (Å²) < 4.78 is 16.6. The molecule has 0 amide bonds. The van der Waals surface area contributed by atoms with E-state index in [9.17, 15) is 10.2 Å². The van der Waals surface area contributed by atoms with Gasteiger partial charge in [0, 0.05) is 37.0 Å². The van der Waals surface area contributed by atoms with Crippen LogP contribution in [0.15, 0.2) is 60.8 Å². The number of hydrogen-bond acceptors (Lipinski definition) is 8. The average molecular weight is 464 g/mol. The second-order valence-electron chi connectivity index (χ2n) is 8.76. The van der Waals surface area contributed by atoms with Crippen molar-refractivity contribution in [3.05, 3.63) is 77.9 Å². The molecule has 3 N–H and O–H groups in total. The van der Waals surface area contributed by atoms with Crippen molar-refractivity contribution >= 4 is 0 Å². The van der Waals surface area contributed by atoms with Crippen LogP contribution >= 0.6 is 0 Å². The Morgan fingerprint density at radius 1 is 1.03 bits per heavy atom. The summed E-state index contributed by atoms with van der Waals surface area (Å²) in [5.74, 6) is 2.70. The summed E-state index contributed by atoms with van der Waals surface area (Å²) in [6, 6.07) is 17.4. The number of nitrogens with zero attached hydrogens (tertiary/aromatic N) is 2. The lowest BCUT2D eigenvalue weighted by Gasteiger charge is -2.25. The number of aliphatic hydroxyl groups excluding tert-OH is 2. The summed E-state index contributed by atoms with van der Waals surface area (Å²) in [5, 5.41) is 24.2. The van der Waals surface area contributed by atoms with Gasteiger partial charge in [0.1, 0.15) is 12.4 Å². The van der Waals surface area contributed by atoms with Crippen LogP contribution in [0.4, 0.5) is 0 Å². The Hall–Kier alpha value is -3.20. The molecule has 1 aliphatic heterocycles. The number of aromatic nitrogens is 2. The molecular formula is C26H29N3O5. The number of para-hydroxylation sites is 1. The molecular weight excluding hydrogens is 434 g/mol. The highest BCUT2D eigenvalue weighted by Gasteiger charge is 2.42. The molecule has 1 fully saturated rings. The number of benzene rings is 2. The molecule has 3 aromatic rings. The molecule has 8 heteroatoms. The first-order chi connectivity index (χ1) is 16.7. The fourth-order valence-electron chi connectivity index (χ4n) is 4.81. The predicted octanol–water partition coefficient (Wildman–Crippen LogP) is 2.47. The first kappa shape index (κ1) is 22.6. The normalized spacial score (nSPS) is 23.2. The number of nitrogens with one attached hydrogen (secondary N) is 1. The molecule has 1 aromatic heterocycles.